The number of amides is 1. The Labute approximate surface area is 205 Å². The molecule has 0 spiro atoms. The van der Waals surface area contributed by atoms with Gasteiger partial charge >= 0.3 is 0 Å². The first kappa shape index (κ1) is 24.2. The zero-order chi connectivity index (χ0) is 24.1. The van der Waals surface area contributed by atoms with Crippen LogP contribution in [0, 0.1) is 46.3 Å². The van der Waals surface area contributed by atoms with Crippen molar-refractivity contribution in [3.8, 4) is 0 Å². The second kappa shape index (κ2) is 9.20. The molecule has 188 valence electrons. The molecule has 0 radical (unpaired) electrons. The zero-order valence-electron chi connectivity index (χ0n) is 21.2. The maximum absolute atomic E-state index is 12.5. The highest BCUT2D eigenvalue weighted by atomic mass is 16.3. The Morgan fingerprint density at radius 1 is 1.15 bits per heavy atom. The average Bonchev–Trinajstić information content (AvgIpc) is 3.18. The summed E-state index contributed by atoms with van der Waals surface area (Å²) >= 11 is 0. The summed E-state index contributed by atoms with van der Waals surface area (Å²) in [6, 6.07) is 3.70. The summed E-state index contributed by atoms with van der Waals surface area (Å²) in [4.78, 5) is 16.6. The van der Waals surface area contributed by atoms with Crippen LogP contribution in [0.4, 0.5) is 5.69 Å². The predicted octanol–water partition coefficient (Wildman–Crippen LogP) is 5.43. The van der Waals surface area contributed by atoms with Crippen LogP contribution in [0.15, 0.2) is 24.5 Å². The first-order valence-corrected chi connectivity index (χ1v) is 13.8. The molecular weight excluding hydrogens is 424 g/mol. The molecule has 3 N–H and O–H groups in total. The lowest BCUT2D eigenvalue weighted by Gasteiger charge is -2.62. The molecule has 1 heterocycles. The van der Waals surface area contributed by atoms with Crippen molar-refractivity contribution in [3.05, 3.63) is 24.5 Å². The lowest BCUT2D eigenvalue weighted by molar-refractivity contribution is -0.174. The van der Waals surface area contributed by atoms with Gasteiger partial charge in [0, 0.05) is 12.6 Å². The summed E-state index contributed by atoms with van der Waals surface area (Å²) in [5.41, 5.74) is 0.984. The van der Waals surface area contributed by atoms with Gasteiger partial charge in [0.15, 0.2) is 0 Å². The van der Waals surface area contributed by atoms with Crippen molar-refractivity contribution in [2.45, 2.75) is 97.2 Å². The summed E-state index contributed by atoms with van der Waals surface area (Å²) in [6.45, 7) is 7.16. The number of aliphatic hydroxyl groups is 2. The third-order valence-corrected chi connectivity index (χ3v) is 11.3. The smallest absolute Gasteiger partial charge is 0.224 e. The highest BCUT2D eigenvalue weighted by Gasteiger charge is 2.63. The minimum absolute atomic E-state index is 0.0439. The van der Waals surface area contributed by atoms with Crippen molar-refractivity contribution in [1.82, 2.24) is 4.98 Å². The summed E-state index contributed by atoms with van der Waals surface area (Å²) in [5, 5.41) is 24.9. The van der Waals surface area contributed by atoms with Gasteiger partial charge in [0.05, 0.1) is 24.1 Å². The van der Waals surface area contributed by atoms with E-state index in [1.54, 1.807) is 12.4 Å². The van der Waals surface area contributed by atoms with Crippen molar-refractivity contribution in [1.29, 1.82) is 0 Å². The lowest BCUT2D eigenvalue weighted by Crippen LogP contribution is -2.58. The number of hydrogen-bond acceptors (Lipinski definition) is 4. The largest absolute Gasteiger partial charge is 0.393 e. The Balaban J connectivity index is 1.26. The van der Waals surface area contributed by atoms with E-state index in [1.807, 2.05) is 12.1 Å². The molecule has 1 amide bonds. The molecule has 4 aliphatic rings. The van der Waals surface area contributed by atoms with E-state index in [4.69, 9.17) is 0 Å². The monoisotopic (exact) mass is 468 g/mol. The maximum Gasteiger partial charge on any atom is 0.224 e. The summed E-state index contributed by atoms with van der Waals surface area (Å²) in [7, 11) is 0. The van der Waals surface area contributed by atoms with Gasteiger partial charge in [-0.2, -0.15) is 0 Å². The van der Waals surface area contributed by atoms with Crippen LogP contribution in [-0.4, -0.2) is 33.3 Å². The molecule has 1 aromatic rings. The molecule has 0 aromatic carbocycles. The fourth-order valence-corrected chi connectivity index (χ4v) is 9.38. The van der Waals surface area contributed by atoms with E-state index in [0.29, 0.717) is 41.9 Å². The van der Waals surface area contributed by atoms with Gasteiger partial charge in [0.25, 0.3) is 0 Å². The Morgan fingerprint density at radius 2 is 1.97 bits per heavy atom. The van der Waals surface area contributed by atoms with Crippen molar-refractivity contribution in [2.75, 3.05) is 5.32 Å². The highest BCUT2D eigenvalue weighted by Crippen LogP contribution is 2.68. The molecule has 0 unspecified atom stereocenters. The molecule has 4 fully saturated rings. The first-order chi connectivity index (χ1) is 16.2. The molecule has 0 aliphatic heterocycles. The first-order valence-electron chi connectivity index (χ1n) is 13.8. The van der Waals surface area contributed by atoms with Gasteiger partial charge < -0.3 is 15.5 Å². The molecule has 4 saturated carbocycles. The van der Waals surface area contributed by atoms with Gasteiger partial charge in [0.2, 0.25) is 5.91 Å². The van der Waals surface area contributed by atoms with E-state index in [2.05, 4.69) is 31.1 Å². The van der Waals surface area contributed by atoms with Crippen LogP contribution >= 0.6 is 0 Å². The standard InChI is InChI=1S/C29H44N2O3/c1-18(6-11-27(34)31-20-5-4-14-30-17-20)23-9-10-24-22-8-7-19-15-21(32)12-13-28(19,2)25(22)16-26(33)29(23,24)3/h4-5,14,17-19,21-26,32-33H,6-13,15-16H2,1-3H3,(H,31,34)/t18-,19-,21-,22+,23-,24+,25+,26+,28+,29-/m1/s1. The van der Waals surface area contributed by atoms with Gasteiger partial charge in [-0.25, -0.2) is 0 Å². The molecule has 0 bridgehead atoms. The molecule has 5 nitrogen and oxygen atoms in total. The Morgan fingerprint density at radius 3 is 2.74 bits per heavy atom. The third-order valence-electron chi connectivity index (χ3n) is 11.3. The van der Waals surface area contributed by atoms with Gasteiger partial charge in [-0.15, -0.1) is 0 Å². The summed E-state index contributed by atoms with van der Waals surface area (Å²) in [6.07, 6.45) is 13.2. The fraction of sp³-hybridized carbons (Fsp3) is 0.793. The number of carbonyl (C=O) groups excluding carboxylic acids is 1. The number of fused-ring (bicyclic) bond motifs is 5. The number of aliphatic hydroxyl groups excluding tert-OH is 2. The fourth-order valence-electron chi connectivity index (χ4n) is 9.38. The van der Waals surface area contributed by atoms with Gasteiger partial charge in [-0.05, 0) is 116 Å². The van der Waals surface area contributed by atoms with E-state index in [0.717, 1.165) is 37.8 Å². The number of pyridine rings is 1. The number of nitrogens with one attached hydrogen (secondary N) is 1. The Bertz CT molecular complexity index is 877. The SMILES string of the molecule is C[C@H](CCC(=O)Nc1cccnc1)[C@H]1CC[C@H]2[C@@H]3CC[C@@H]4C[C@H](O)CC[C@]4(C)[C@H]3C[C@H](O)[C@]12C. The number of rotatable bonds is 5. The third kappa shape index (κ3) is 4.01. The molecule has 10 atom stereocenters. The quantitative estimate of drug-likeness (QED) is 0.538. The van der Waals surface area contributed by atoms with Crippen molar-refractivity contribution in [3.63, 3.8) is 0 Å². The normalized spacial score (nSPS) is 44.4. The molecule has 1 aromatic heterocycles. The molecule has 34 heavy (non-hydrogen) atoms. The lowest BCUT2D eigenvalue weighted by atomic mass is 9.43. The van der Waals surface area contributed by atoms with Crippen LogP contribution in [0.5, 0.6) is 0 Å². The predicted molar refractivity (Wildman–Crippen MR) is 134 cm³/mol. The van der Waals surface area contributed by atoms with Crippen LogP contribution < -0.4 is 5.32 Å². The zero-order valence-corrected chi connectivity index (χ0v) is 21.2. The van der Waals surface area contributed by atoms with E-state index in [1.165, 1.54) is 25.7 Å². The van der Waals surface area contributed by atoms with Crippen molar-refractivity contribution >= 4 is 11.6 Å². The molecule has 4 aliphatic carbocycles. The van der Waals surface area contributed by atoms with Crippen LogP contribution in [0.2, 0.25) is 0 Å². The molecular formula is C29H44N2O3. The number of aromatic nitrogens is 1. The Kier molecular flexibility index (Phi) is 6.56. The topological polar surface area (TPSA) is 82.5 Å². The molecule has 0 saturated heterocycles. The average molecular weight is 469 g/mol. The van der Waals surface area contributed by atoms with E-state index < -0.39 is 0 Å². The number of carbonyl (C=O) groups is 1. The molecule has 5 rings (SSSR count). The van der Waals surface area contributed by atoms with Crippen LogP contribution in [0.25, 0.3) is 0 Å². The summed E-state index contributed by atoms with van der Waals surface area (Å²) in [5.74, 6) is 3.43. The second-order valence-electron chi connectivity index (χ2n) is 12.7. The van der Waals surface area contributed by atoms with E-state index >= 15 is 0 Å². The highest BCUT2D eigenvalue weighted by molar-refractivity contribution is 5.90. The minimum atomic E-state index is -0.264. The number of nitrogens with zero attached hydrogens (tertiary/aromatic N) is 1. The van der Waals surface area contributed by atoms with Crippen molar-refractivity contribution < 1.29 is 15.0 Å². The van der Waals surface area contributed by atoms with Crippen molar-refractivity contribution in [2.24, 2.45) is 46.3 Å². The minimum Gasteiger partial charge on any atom is -0.393 e. The summed E-state index contributed by atoms with van der Waals surface area (Å²) < 4.78 is 0. The number of anilines is 1. The maximum atomic E-state index is 12.5. The van der Waals surface area contributed by atoms with Gasteiger partial charge in [-0.3, -0.25) is 9.78 Å². The van der Waals surface area contributed by atoms with Crippen LogP contribution in [0.1, 0.15) is 85.0 Å². The van der Waals surface area contributed by atoms with E-state index in [9.17, 15) is 15.0 Å². The van der Waals surface area contributed by atoms with Crippen LogP contribution in [0.3, 0.4) is 0 Å². The van der Waals surface area contributed by atoms with Crippen LogP contribution in [-0.2, 0) is 4.79 Å². The molecule has 5 heteroatoms. The van der Waals surface area contributed by atoms with Gasteiger partial charge in [0.1, 0.15) is 0 Å². The Hall–Kier alpha value is -1.46. The van der Waals surface area contributed by atoms with Gasteiger partial charge in [-0.1, -0.05) is 20.8 Å². The second-order valence-corrected chi connectivity index (χ2v) is 12.7. The van der Waals surface area contributed by atoms with E-state index in [-0.39, 0.29) is 28.9 Å². The number of hydrogen-bond donors (Lipinski definition) is 3.